The number of benzene rings is 2. The molecule has 3 rings (SSSR count). The standard InChI is InChI=1S/C15H10F2N2S/c16-9-4-5-11(17)14(8-9)20-13-6-7-19-15-10(13)2-1-3-12(15)18/h1-8H,18H2. The highest BCUT2D eigenvalue weighted by Gasteiger charge is 2.10. The Morgan fingerprint density at radius 3 is 2.70 bits per heavy atom. The Labute approximate surface area is 118 Å². The molecule has 0 saturated carbocycles. The smallest absolute Gasteiger partial charge is 0.137 e. The molecular formula is C15H10F2N2S. The minimum absolute atomic E-state index is 0.236. The van der Waals surface area contributed by atoms with E-state index in [9.17, 15) is 8.78 Å². The van der Waals surface area contributed by atoms with Crippen molar-refractivity contribution in [2.45, 2.75) is 9.79 Å². The molecule has 3 aromatic rings. The Bertz CT molecular complexity index is 790. The van der Waals surface area contributed by atoms with Gasteiger partial charge in [-0.05, 0) is 30.3 Å². The Hall–Kier alpha value is -2.14. The van der Waals surface area contributed by atoms with E-state index in [1.807, 2.05) is 12.1 Å². The summed E-state index contributed by atoms with van der Waals surface area (Å²) < 4.78 is 26.9. The summed E-state index contributed by atoms with van der Waals surface area (Å²) in [6.45, 7) is 0. The van der Waals surface area contributed by atoms with Gasteiger partial charge in [0.05, 0.1) is 16.1 Å². The van der Waals surface area contributed by atoms with Crippen molar-refractivity contribution < 1.29 is 8.78 Å². The van der Waals surface area contributed by atoms with E-state index >= 15 is 0 Å². The molecule has 20 heavy (non-hydrogen) atoms. The molecule has 2 nitrogen and oxygen atoms in total. The largest absolute Gasteiger partial charge is 0.397 e. The number of hydrogen-bond acceptors (Lipinski definition) is 3. The van der Waals surface area contributed by atoms with Crippen LogP contribution in [0.1, 0.15) is 0 Å². The molecule has 0 aliphatic heterocycles. The maximum atomic E-state index is 13.7. The Kier molecular flexibility index (Phi) is 3.28. The lowest BCUT2D eigenvalue weighted by atomic mass is 10.2. The number of nitrogens with zero attached hydrogens (tertiary/aromatic N) is 1. The van der Waals surface area contributed by atoms with Gasteiger partial charge in [-0.15, -0.1) is 0 Å². The van der Waals surface area contributed by atoms with Crippen LogP contribution in [0, 0.1) is 11.6 Å². The Balaban J connectivity index is 2.11. The zero-order chi connectivity index (χ0) is 14.1. The van der Waals surface area contributed by atoms with Crippen molar-refractivity contribution in [3.05, 3.63) is 60.3 Å². The maximum absolute atomic E-state index is 13.7. The summed E-state index contributed by atoms with van der Waals surface area (Å²) in [5.41, 5.74) is 7.09. The lowest BCUT2D eigenvalue weighted by Crippen LogP contribution is -1.90. The number of aromatic nitrogens is 1. The molecule has 0 unspecified atom stereocenters. The third-order valence-corrected chi connectivity index (χ3v) is 3.98. The van der Waals surface area contributed by atoms with Crippen molar-refractivity contribution in [2.24, 2.45) is 0 Å². The maximum Gasteiger partial charge on any atom is 0.137 e. The van der Waals surface area contributed by atoms with E-state index in [0.717, 1.165) is 34.2 Å². The molecule has 2 N–H and O–H groups in total. The first-order valence-corrected chi connectivity index (χ1v) is 6.73. The summed E-state index contributed by atoms with van der Waals surface area (Å²) in [4.78, 5) is 5.24. The van der Waals surface area contributed by atoms with Crippen LogP contribution in [0.3, 0.4) is 0 Å². The summed E-state index contributed by atoms with van der Waals surface area (Å²) in [7, 11) is 0. The van der Waals surface area contributed by atoms with Crippen molar-refractivity contribution in [1.82, 2.24) is 4.98 Å². The van der Waals surface area contributed by atoms with Gasteiger partial charge in [0.25, 0.3) is 0 Å². The van der Waals surface area contributed by atoms with E-state index in [1.54, 1.807) is 18.3 Å². The third kappa shape index (κ3) is 2.32. The number of fused-ring (bicyclic) bond motifs is 1. The van der Waals surface area contributed by atoms with Gasteiger partial charge in [0.15, 0.2) is 0 Å². The summed E-state index contributed by atoms with van der Waals surface area (Å²) in [6, 6.07) is 10.6. The van der Waals surface area contributed by atoms with E-state index in [1.165, 1.54) is 6.07 Å². The zero-order valence-corrected chi connectivity index (χ0v) is 11.1. The number of pyridine rings is 1. The minimum Gasteiger partial charge on any atom is -0.397 e. The molecule has 0 saturated heterocycles. The van der Waals surface area contributed by atoms with Gasteiger partial charge in [0.2, 0.25) is 0 Å². The molecule has 0 fully saturated rings. The minimum atomic E-state index is -0.466. The van der Waals surface area contributed by atoms with E-state index in [4.69, 9.17) is 5.73 Å². The molecule has 0 bridgehead atoms. The molecule has 2 aromatic carbocycles. The monoisotopic (exact) mass is 288 g/mol. The lowest BCUT2D eigenvalue weighted by Gasteiger charge is -2.08. The fourth-order valence-corrected chi connectivity index (χ4v) is 2.91. The topological polar surface area (TPSA) is 38.9 Å². The molecule has 0 amide bonds. The van der Waals surface area contributed by atoms with Crippen LogP contribution in [0.2, 0.25) is 0 Å². The second-order valence-electron chi connectivity index (χ2n) is 4.23. The Morgan fingerprint density at radius 1 is 1.00 bits per heavy atom. The van der Waals surface area contributed by atoms with Crippen LogP contribution in [0.25, 0.3) is 10.9 Å². The number of halogens is 2. The summed E-state index contributed by atoms with van der Waals surface area (Å²) >= 11 is 1.16. The van der Waals surface area contributed by atoms with Crippen LogP contribution in [0.15, 0.2) is 58.5 Å². The number of rotatable bonds is 2. The second-order valence-corrected chi connectivity index (χ2v) is 5.31. The zero-order valence-electron chi connectivity index (χ0n) is 10.3. The van der Waals surface area contributed by atoms with Crippen LogP contribution < -0.4 is 5.73 Å². The SMILES string of the molecule is Nc1cccc2c(Sc3cc(F)ccc3F)ccnc12. The van der Waals surface area contributed by atoms with Gasteiger partial charge in [-0.25, -0.2) is 8.78 Å². The van der Waals surface area contributed by atoms with Gasteiger partial charge in [0.1, 0.15) is 11.6 Å². The van der Waals surface area contributed by atoms with Crippen LogP contribution >= 0.6 is 11.8 Å². The first-order valence-electron chi connectivity index (χ1n) is 5.91. The van der Waals surface area contributed by atoms with Crippen molar-refractivity contribution in [3.63, 3.8) is 0 Å². The highest BCUT2D eigenvalue weighted by molar-refractivity contribution is 7.99. The van der Waals surface area contributed by atoms with Crippen LogP contribution in [0.4, 0.5) is 14.5 Å². The summed E-state index contributed by atoms with van der Waals surface area (Å²) in [6.07, 6.45) is 1.61. The van der Waals surface area contributed by atoms with Gasteiger partial charge in [0, 0.05) is 16.5 Å². The number of hydrogen-bond donors (Lipinski definition) is 1. The van der Waals surface area contributed by atoms with Crippen molar-refractivity contribution in [2.75, 3.05) is 5.73 Å². The highest BCUT2D eigenvalue weighted by atomic mass is 32.2. The lowest BCUT2D eigenvalue weighted by molar-refractivity contribution is 0.577. The summed E-state index contributed by atoms with van der Waals surface area (Å²) in [5.74, 6) is -0.919. The van der Waals surface area contributed by atoms with E-state index in [-0.39, 0.29) is 4.90 Å². The first kappa shape index (κ1) is 12.9. The van der Waals surface area contributed by atoms with Crippen LogP contribution in [-0.4, -0.2) is 4.98 Å². The molecular weight excluding hydrogens is 278 g/mol. The molecule has 1 aromatic heterocycles. The van der Waals surface area contributed by atoms with Crippen molar-refractivity contribution >= 4 is 28.4 Å². The molecule has 0 spiro atoms. The fraction of sp³-hybridized carbons (Fsp3) is 0. The van der Waals surface area contributed by atoms with Crippen LogP contribution in [-0.2, 0) is 0 Å². The normalized spacial score (nSPS) is 10.9. The number of anilines is 1. The first-order chi connectivity index (χ1) is 9.65. The number of para-hydroxylation sites is 1. The molecule has 0 radical (unpaired) electrons. The van der Waals surface area contributed by atoms with Crippen LogP contribution in [0.5, 0.6) is 0 Å². The average Bonchev–Trinajstić information content (AvgIpc) is 2.44. The average molecular weight is 288 g/mol. The van der Waals surface area contributed by atoms with E-state index in [0.29, 0.717) is 11.2 Å². The van der Waals surface area contributed by atoms with E-state index < -0.39 is 11.6 Å². The predicted molar refractivity (Wildman–Crippen MR) is 76.6 cm³/mol. The number of nitrogen functional groups attached to an aromatic ring is 1. The molecule has 100 valence electrons. The van der Waals surface area contributed by atoms with Gasteiger partial charge < -0.3 is 5.73 Å². The van der Waals surface area contributed by atoms with E-state index in [2.05, 4.69) is 4.98 Å². The third-order valence-electron chi connectivity index (χ3n) is 2.88. The Morgan fingerprint density at radius 2 is 1.85 bits per heavy atom. The van der Waals surface area contributed by atoms with Crippen molar-refractivity contribution in [1.29, 1.82) is 0 Å². The second kappa shape index (κ2) is 5.09. The predicted octanol–water partition coefficient (Wildman–Crippen LogP) is 4.25. The molecule has 0 aliphatic carbocycles. The molecule has 5 heteroatoms. The summed E-state index contributed by atoms with van der Waals surface area (Å²) in [5, 5.41) is 0.821. The quantitative estimate of drug-likeness (QED) is 0.717. The highest BCUT2D eigenvalue weighted by Crippen LogP contribution is 2.35. The molecule has 0 atom stereocenters. The molecule has 0 aliphatic rings. The van der Waals surface area contributed by atoms with Gasteiger partial charge in [-0.1, -0.05) is 23.9 Å². The molecule has 1 heterocycles. The number of nitrogens with two attached hydrogens (primary N) is 1. The van der Waals surface area contributed by atoms with Gasteiger partial charge in [-0.2, -0.15) is 0 Å². The van der Waals surface area contributed by atoms with Crippen molar-refractivity contribution in [3.8, 4) is 0 Å². The fourth-order valence-electron chi connectivity index (χ4n) is 1.94. The van der Waals surface area contributed by atoms with Gasteiger partial charge >= 0.3 is 0 Å². The van der Waals surface area contributed by atoms with Gasteiger partial charge in [-0.3, -0.25) is 4.98 Å².